The molecule has 104 valence electrons. The number of non-ortho nitro benzene ring substituents is 1. The van der Waals surface area contributed by atoms with Crippen molar-refractivity contribution in [3.05, 3.63) is 33.3 Å². The van der Waals surface area contributed by atoms with E-state index in [2.05, 4.69) is 17.6 Å². The lowest BCUT2D eigenvalue weighted by molar-refractivity contribution is -0.384. The topological polar surface area (TPSA) is 67.2 Å². The van der Waals surface area contributed by atoms with Crippen molar-refractivity contribution in [1.29, 1.82) is 0 Å². The lowest BCUT2D eigenvalue weighted by atomic mass is 10.1. The first-order valence-corrected chi connectivity index (χ1v) is 6.88. The number of nitro benzene ring substituents is 1. The molecule has 1 aliphatic heterocycles. The molecule has 1 aliphatic rings. The van der Waals surface area contributed by atoms with Crippen LogP contribution in [0.25, 0.3) is 0 Å². The number of halogens is 1. The Morgan fingerprint density at radius 3 is 3.00 bits per heavy atom. The Balaban J connectivity index is 1.96. The molecule has 2 N–H and O–H groups in total. The molecular weight excluding hydrogens is 266 g/mol. The van der Waals surface area contributed by atoms with Gasteiger partial charge in [-0.15, -0.1) is 0 Å². The van der Waals surface area contributed by atoms with Gasteiger partial charge in [-0.25, -0.2) is 0 Å². The van der Waals surface area contributed by atoms with Gasteiger partial charge in [0.05, 0.1) is 15.6 Å². The van der Waals surface area contributed by atoms with E-state index in [4.69, 9.17) is 11.6 Å². The van der Waals surface area contributed by atoms with Gasteiger partial charge < -0.3 is 10.6 Å². The molecule has 1 aromatic carbocycles. The summed E-state index contributed by atoms with van der Waals surface area (Å²) in [5.74, 6) is 0. The van der Waals surface area contributed by atoms with E-state index in [-0.39, 0.29) is 11.7 Å². The van der Waals surface area contributed by atoms with E-state index in [1.165, 1.54) is 25.0 Å². The first-order chi connectivity index (χ1) is 9.06. The highest BCUT2D eigenvalue weighted by molar-refractivity contribution is 6.33. The third-order valence-corrected chi connectivity index (χ3v) is 3.68. The van der Waals surface area contributed by atoms with Gasteiger partial charge in [-0.05, 0) is 38.8 Å². The molecule has 1 aromatic rings. The largest absolute Gasteiger partial charge is 0.381 e. The average molecular weight is 284 g/mol. The van der Waals surface area contributed by atoms with E-state index < -0.39 is 4.92 Å². The highest BCUT2D eigenvalue weighted by Gasteiger charge is 2.18. The number of nitrogens with zero attached hydrogens (tertiary/aromatic N) is 1. The predicted octanol–water partition coefficient (Wildman–Crippen LogP) is 3.19. The molecule has 5 nitrogen and oxygen atoms in total. The summed E-state index contributed by atoms with van der Waals surface area (Å²) in [5, 5.41) is 17.8. The maximum absolute atomic E-state index is 10.6. The van der Waals surface area contributed by atoms with Crippen LogP contribution < -0.4 is 10.6 Å². The van der Waals surface area contributed by atoms with E-state index in [0.29, 0.717) is 11.1 Å². The van der Waals surface area contributed by atoms with Crippen molar-refractivity contribution in [2.75, 3.05) is 11.9 Å². The van der Waals surface area contributed by atoms with Crippen LogP contribution >= 0.6 is 11.6 Å². The van der Waals surface area contributed by atoms with Gasteiger partial charge in [-0.2, -0.15) is 0 Å². The molecule has 0 spiro atoms. The second-order valence-corrected chi connectivity index (χ2v) is 5.40. The summed E-state index contributed by atoms with van der Waals surface area (Å²) < 4.78 is 0. The van der Waals surface area contributed by atoms with E-state index in [1.54, 1.807) is 6.07 Å². The second-order valence-electron chi connectivity index (χ2n) is 5.00. The molecule has 1 fully saturated rings. The third-order valence-electron chi connectivity index (χ3n) is 3.37. The van der Waals surface area contributed by atoms with Gasteiger partial charge >= 0.3 is 0 Å². The molecule has 2 rings (SSSR count). The van der Waals surface area contributed by atoms with Gasteiger partial charge in [0.15, 0.2) is 0 Å². The normalized spacial score (nSPS) is 20.2. The van der Waals surface area contributed by atoms with Crippen LogP contribution in [0.15, 0.2) is 18.2 Å². The second kappa shape index (κ2) is 6.21. The molecular formula is C13H18ClN3O2. The Labute approximate surface area is 117 Å². The van der Waals surface area contributed by atoms with Crippen molar-refractivity contribution in [3.8, 4) is 0 Å². The molecule has 1 heterocycles. The number of benzene rings is 1. The van der Waals surface area contributed by atoms with Gasteiger partial charge in [-0.3, -0.25) is 10.1 Å². The van der Waals surface area contributed by atoms with E-state index in [1.807, 2.05) is 0 Å². The lowest BCUT2D eigenvalue weighted by Crippen LogP contribution is -2.29. The number of nitrogens with one attached hydrogen (secondary N) is 2. The maximum Gasteiger partial charge on any atom is 0.271 e. The summed E-state index contributed by atoms with van der Waals surface area (Å²) in [7, 11) is 0. The Hall–Kier alpha value is -1.33. The molecule has 6 heteroatoms. The third kappa shape index (κ3) is 3.81. The van der Waals surface area contributed by atoms with Crippen molar-refractivity contribution in [1.82, 2.24) is 5.32 Å². The van der Waals surface area contributed by atoms with Crippen LogP contribution in [-0.2, 0) is 0 Å². The fraction of sp³-hybridized carbons (Fsp3) is 0.538. The molecule has 2 atom stereocenters. The molecule has 0 radical (unpaired) electrons. The fourth-order valence-corrected chi connectivity index (χ4v) is 2.67. The first kappa shape index (κ1) is 14.1. The average Bonchev–Trinajstić information content (AvgIpc) is 2.84. The monoisotopic (exact) mass is 283 g/mol. The van der Waals surface area contributed by atoms with Crippen LogP contribution in [0.5, 0.6) is 0 Å². The van der Waals surface area contributed by atoms with Gasteiger partial charge in [0.2, 0.25) is 0 Å². The number of rotatable bonds is 5. The van der Waals surface area contributed by atoms with Gasteiger partial charge in [0, 0.05) is 24.2 Å². The van der Waals surface area contributed by atoms with Crippen molar-refractivity contribution in [2.24, 2.45) is 0 Å². The number of hydrogen-bond acceptors (Lipinski definition) is 4. The molecule has 0 aromatic heterocycles. The minimum atomic E-state index is -0.443. The summed E-state index contributed by atoms with van der Waals surface area (Å²) >= 11 is 6.05. The molecule has 1 saturated heterocycles. The Kier molecular flexibility index (Phi) is 4.61. The SMILES string of the molecule is CC(CC1CCCN1)Nc1ccc([N+](=O)[O-])cc1Cl. The summed E-state index contributed by atoms with van der Waals surface area (Å²) in [6.07, 6.45) is 3.46. The van der Waals surface area contributed by atoms with Crippen LogP contribution in [-0.4, -0.2) is 23.6 Å². The Bertz CT molecular complexity index is 461. The quantitative estimate of drug-likeness (QED) is 0.643. The van der Waals surface area contributed by atoms with Crippen molar-refractivity contribution in [2.45, 2.75) is 38.3 Å². The van der Waals surface area contributed by atoms with E-state index >= 15 is 0 Å². The summed E-state index contributed by atoms with van der Waals surface area (Å²) in [5.41, 5.74) is 0.762. The Morgan fingerprint density at radius 1 is 1.63 bits per heavy atom. The zero-order valence-corrected chi connectivity index (χ0v) is 11.6. The van der Waals surface area contributed by atoms with Gasteiger partial charge in [-0.1, -0.05) is 11.6 Å². The molecule has 2 unspecified atom stereocenters. The van der Waals surface area contributed by atoms with Crippen LogP contribution in [0.2, 0.25) is 5.02 Å². The predicted molar refractivity (Wildman–Crippen MR) is 76.8 cm³/mol. The molecule has 19 heavy (non-hydrogen) atoms. The number of nitro groups is 1. The van der Waals surface area contributed by atoms with E-state index in [0.717, 1.165) is 18.7 Å². The fourth-order valence-electron chi connectivity index (χ4n) is 2.44. The minimum Gasteiger partial charge on any atom is -0.381 e. The minimum absolute atomic E-state index is 0.0145. The van der Waals surface area contributed by atoms with Gasteiger partial charge in [0.25, 0.3) is 5.69 Å². The van der Waals surface area contributed by atoms with Crippen LogP contribution in [0.3, 0.4) is 0 Å². The standard InChI is InChI=1S/C13H18ClN3O2/c1-9(7-10-3-2-6-15-10)16-13-5-4-11(17(18)19)8-12(13)14/h4-5,8-10,15-16H,2-3,6-7H2,1H3. The Morgan fingerprint density at radius 2 is 2.42 bits per heavy atom. The molecule has 0 aliphatic carbocycles. The number of hydrogen-bond donors (Lipinski definition) is 2. The maximum atomic E-state index is 10.6. The zero-order valence-electron chi connectivity index (χ0n) is 10.9. The van der Waals surface area contributed by atoms with Crippen molar-refractivity contribution < 1.29 is 4.92 Å². The summed E-state index contributed by atoms with van der Waals surface area (Å²) in [6.45, 7) is 3.19. The lowest BCUT2D eigenvalue weighted by Gasteiger charge is -2.20. The van der Waals surface area contributed by atoms with Crippen LogP contribution in [0.1, 0.15) is 26.2 Å². The molecule has 0 amide bonds. The number of anilines is 1. The summed E-state index contributed by atoms with van der Waals surface area (Å²) in [4.78, 5) is 10.2. The molecule has 0 saturated carbocycles. The van der Waals surface area contributed by atoms with Gasteiger partial charge in [0.1, 0.15) is 0 Å². The first-order valence-electron chi connectivity index (χ1n) is 6.50. The van der Waals surface area contributed by atoms with Crippen molar-refractivity contribution in [3.63, 3.8) is 0 Å². The highest BCUT2D eigenvalue weighted by Crippen LogP contribution is 2.27. The molecule has 0 bridgehead atoms. The van der Waals surface area contributed by atoms with Crippen LogP contribution in [0, 0.1) is 10.1 Å². The smallest absolute Gasteiger partial charge is 0.271 e. The van der Waals surface area contributed by atoms with Crippen molar-refractivity contribution >= 4 is 23.0 Å². The highest BCUT2D eigenvalue weighted by atomic mass is 35.5. The zero-order chi connectivity index (χ0) is 13.8. The van der Waals surface area contributed by atoms with Crippen LogP contribution in [0.4, 0.5) is 11.4 Å². The summed E-state index contributed by atoms with van der Waals surface area (Å²) in [6, 6.07) is 5.34. The van der Waals surface area contributed by atoms with E-state index in [9.17, 15) is 10.1 Å².